The molecule has 0 aliphatic heterocycles. The molecule has 1 rings (SSSR count). The first kappa shape index (κ1) is 15.3. The Labute approximate surface area is 117 Å². The first-order valence-corrected chi connectivity index (χ1v) is 7.41. The molecule has 0 heterocycles. The Balaban J connectivity index is 2.48. The van der Waals surface area contributed by atoms with Crippen LogP contribution in [0.3, 0.4) is 0 Å². The van der Waals surface area contributed by atoms with E-state index in [1.54, 1.807) is 23.9 Å². The van der Waals surface area contributed by atoms with Crippen molar-refractivity contribution in [2.24, 2.45) is 0 Å². The van der Waals surface area contributed by atoms with E-state index in [-0.39, 0.29) is 23.8 Å². The molecule has 18 heavy (non-hydrogen) atoms. The average molecular weight is 288 g/mol. The number of aliphatic hydroxyl groups is 1. The molecule has 1 aromatic carbocycles. The lowest BCUT2D eigenvalue weighted by Crippen LogP contribution is -2.41. The summed E-state index contributed by atoms with van der Waals surface area (Å²) in [7, 11) is 0. The smallest absolute Gasteiger partial charge is 0.224 e. The average Bonchev–Trinajstić information content (AvgIpc) is 2.33. The summed E-state index contributed by atoms with van der Waals surface area (Å²) in [5.74, 6) is -0.0441. The van der Waals surface area contributed by atoms with E-state index in [2.05, 4.69) is 5.32 Å². The number of carbonyl (C=O) groups excluding carboxylic acids is 1. The van der Waals surface area contributed by atoms with Crippen LogP contribution in [0.2, 0.25) is 5.02 Å². The Kier molecular flexibility index (Phi) is 6.54. The fourth-order valence-electron chi connectivity index (χ4n) is 1.62. The molecule has 0 saturated heterocycles. The molecular formula is C13H18ClNO2S. The van der Waals surface area contributed by atoms with Gasteiger partial charge in [-0.2, -0.15) is 11.8 Å². The van der Waals surface area contributed by atoms with Crippen molar-refractivity contribution in [3.63, 3.8) is 0 Å². The highest BCUT2D eigenvalue weighted by Crippen LogP contribution is 2.12. The largest absolute Gasteiger partial charge is 0.395 e. The fourth-order valence-corrected chi connectivity index (χ4v) is 2.37. The number of nitrogens with one attached hydrogen (secondary N) is 1. The second-order valence-corrected chi connectivity index (χ2v) is 5.63. The minimum atomic E-state index is -0.0511. The van der Waals surface area contributed by atoms with Crippen molar-refractivity contribution in [2.75, 3.05) is 12.9 Å². The van der Waals surface area contributed by atoms with Crippen molar-refractivity contribution in [1.29, 1.82) is 0 Å². The topological polar surface area (TPSA) is 49.3 Å². The van der Waals surface area contributed by atoms with Crippen LogP contribution < -0.4 is 5.32 Å². The monoisotopic (exact) mass is 287 g/mol. The van der Waals surface area contributed by atoms with Gasteiger partial charge >= 0.3 is 0 Å². The molecule has 0 fully saturated rings. The molecule has 0 aliphatic carbocycles. The molecule has 0 spiro atoms. The van der Waals surface area contributed by atoms with Crippen LogP contribution in [0, 0.1) is 0 Å². The van der Waals surface area contributed by atoms with Crippen LogP contribution in [-0.2, 0) is 11.2 Å². The minimum absolute atomic E-state index is 0.0270. The van der Waals surface area contributed by atoms with Crippen LogP contribution in [0.15, 0.2) is 24.3 Å². The van der Waals surface area contributed by atoms with E-state index < -0.39 is 0 Å². The summed E-state index contributed by atoms with van der Waals surface area (Å²) in [5, 5.41) is 12.7. The number of hydrogen-bond acceptors (Lipinski definition) is 3. The normalized spacial score (nSPS) is 14.0. The third-order valence-corrected chi connectivity index (χ3v) is 4.12. The van der Waals surface area contributed by atoms with E-state index in [1.807, 2.05) is 25.3 Å². The molecule has 0 aliphatic rings. The number of thioether (sulfide) groups is 1. The van der Waals surface area contributed by atoms with E-state index in [0.29, 0.717) is 11.4 Å². The number of benzene rings is 1. The van der Waals surface area contributed by atoms with Gasteiger partial charge in [0.05, 0.1) is 13.0 Å². The van der Waals surface area contributed by atoms with Crippen molar-refractivity contribution < 1.29 is 9.90 Å². The first-order valence-electron chi connectivity index (χ1n) is 5.74. The van der Waals surface area contributed by atoms with Crippen LogP contribution in [-0.4, -0.2) is 35.2 Å². The van der Waals surface area contributed by atoms with Gasteiger partial charge in [0.2, 0.25) is 5.91 Å². The molecule has 0 saturated carbocycles. The number of aliphatic hydroxyl groups excluding tert-OH is 1. The van der Waals surface area contributed by atoms with Gasteiger partial charge in [0, 0.05) is 16.3 Å². The van der Waals surface area contributed by atoms with Gasteiger partial charge in [-0.25, -0.2) is 0 Å². The summed E-state index contributed by atoms with van der Waals surface area (Å²) in [4.78, 5) is 11.8. The Morgan fingerprint density at radius 2 is 2.06 bits per heavy atom. The molecule has 2 N–H and O–H groups in total. The highest BCUT2D eigenvalue weighted by atomic mass is 35.5. The summed E-state index contributed by atoms with van der Waals surface area (Å²) in [5.41, 5.74) is 0.925. The fraction of sp³-hybridized carbons (Fsp3) is 0.462. The summed E-state index contributed by atoms with van der Waals surface area (Å²) in [6.07, 6.45) is 2.25. The van der Waals surface area contributed by atoms with E-state index in [1.165, 1.54) is 0 Å². The van der Waals surface area contributed by atoms with Crippen LogP contribution >= 0.6 is 23.4 Å². The van der Waals surface area contributed by atoms with E-state index in [4.69, 9.17) is 16.7 Å². The second-order valence-electron chi connectivity index (χ2n) is 4.12. The maximum Gasteiger partial charge on any atom is 0.224 e. The molecule has 2 atom stereocenters. The van der Waals surface area contributed by atoms with Crippen LogP contribution in [0.5, 0.6) is 0 Å². The Morgan fingerprint density at radius 1 is 1.44 bits per heavy atom. The number of amides is 1. The molecule has 5 heteroatoms. The van der Waals surface area contributed by atoms with Gasteiger partial charge in [-0.3, -0.25) is 4.79 Å². The van der Waals surface area contributed by atoms with E-state index >= 15 is 0 Å². The van der Waals surface area contributed by atoms with Crippen LogP contribution in [0.4, 0.5) is 0 Å². The molecule has 0 bridgehead atoms. The Bertz CT molecular complexity index is 379. The summed E-state index contributed by atoms with van der Waals surface area (Å²) >= 11 is 7.33. The summed E-state index contributed by atoms with van der Waals surface area (Å²) in [6, 6.07) is 7.16. The number of carbonyl (C=O) groups is 1. The predicted octanol–water partition coefficient (Wildman–Crippen LogP) is 2.11. The van der Waals surface area contributed by atoms with Crippen LogP contribution in [0.1, 0.15) is 12.5 Å². The zero-order valence-corrected chi connectivity index (χ0v) is 12.1. The van der Waals surface area contributed by atoms with Gasteiger partial charge in [0.25, 0.3) is 0 Å². The lowest BCUT2D eigenvalue weighted by molar-refractivity contribution is -0.121. The van der Waals surface area contributed by atoms with Gasteiger partial charge in [-0.1, -0.05) is 23.7 Å². The maximum absolute atomic E-state index is 11.8. The molecule has 3 nitrogen and oxygen atoms in total. The van der Waals surface area contributed by atoms with Gasteiger partial charge in [0.1, 0.15) is 0 Å². The predicted molar refractivity (Wildman–Crippen MR) is 77.1 cm³/mol. The van der Waals surface area contributed by atoms with E-state index in [9.17, 15) is 4.79 Å². The lowest BCUT2D eigenvalue weighted by Gasteiger charge is -2.21. The molecule has 100 valence electrons. The molecule has 0 radical (unpaired) electrons. The second kappa shape index (κ2) is 7.67. The van der Waals surface area contributed by atoms with Gasteiger partial charge in [0.15, 0.2) is 0 Å². The van der Waals surface area contributed by atoms with Crippen molar-refractivity contribution in [1.82, 2.24) is 5.32 Å². The molecular weight excluding hydrogens is 270 g/mol. The molecule has 0 unspecified atom stereocenters. The maximum atomic E-state index is 11.8. The zero-order valence-electron chi connectivity index (χ0n) is 10.5. The number of rotatable bonds is 6. The standard InChI is InChI=1S/C13H18ClNO2S/c1-9(12(8-16)18-2)15-13(17)7-10-3-5-11(14)6-4-10/h3-6,9,12,16H,7-8H2,1-2H3,(H,15,17)/t9-,12-/m0/s1. The summed E-state index contributed by atoms with van der Waals surface area (Å²) in [6.45, 7) is 1.96. The van der Waals surface area contributed by atoms with E-state index in [0.717, 1.165) is 5.56 Å². The molecule has 0 aromatic heterocycles. The lowest BCUT2D eigenvalue weighted by atomic mass is 10.1. The Hall–Kier alpha value is -0.710. The highest BCUT2D eigenvalue weighted by molar-refractivity contribution is 7.99. The number of hydrogen-bond donors (Lipinski definition) is 2. The third kappa shape index (κ3) is 4.88. The van der Waals surface area contributed by atoms with Gasteiger partial charge in [-0.15, -0.1) is 0 Å². The first-order chi connectivity index (χ1) is 8.56. The third-order valence-electron chi connectivity index (χ3n) is 2.71. The molecule has 1 amide bonds. The minimum Gasteiger partial charge on any atom is -0.395 e. The Morgan fingerprint density at radius 3 is 2.56 bits per heavy atom. The van der Waals surface area contributed by atoms with Gasteiger partial charge in [-0.05, 0) is 30.9 Å². The zero-order chi connectivity index (χ0) is 13.5. The summed E-state index contributed by atoms with van der Waals surface area (Å²) < 4.78 is 0. The van der Waals surface area contributed by atoms with Crippen LogP contribution in [0.25, 0.3) is 0 Å². The van der Waals surface area contributed by atoms with Gasteiger partial charge < -0.3 is 10.4 Å². The quantitative estimate of drug-likeness (QED) is 0.842. The molecule has 1 aromatic rings. The SMILES string of the molecule is CS[C@@H](CO)[C@H](C)NC(=O)Cc1ccc(Cl)cc1. The van der Waals surface area contributed by atoms with Crippen molar-refractivity contribution in [3.8, 4) is 0 Å². The number of halogens is 1. The van der Waals surface area contributed by atoms with Crippen molar-refractivity contribution in [2.45, 2.75) is 24.6 Å². The van der Waals surface area contributed by atoms with Crippen molar-refractivity contribution >= 4 is 29.3 Å². The highest BCUT2D eigenvalue weighted by Gasteiger charge is 2.17. The van der Waals surface area contributed by atoms with Crippen molar-refractivity contribution in [3.05, 3.63) is 34.9 Å².